The van der Waals surface area contributed by atoms with E-state index in [1.54, 1.807) is 0 Å². The van der Waals surface area contributed by atoms with E-state index in [2.05, 4.69) is 27.7 Å². The van der Waals surface area contributed by atoms with Gasteiger partial charge in [-0.15, -0.1) is 0 Å². The molecule has 0 aromatic heterocycles. The van der Waals surface area contributed by atoms with Crippen molar-refractivity contribution in [1.82, 2.24) is 0 Å². The molecule has 0 saturated heterocycles. The topological polar surface area (TPSA) is 57.5 Å². The van der Waals surface area contributed by atoms with Gasteiger partial charge in [-0.05, 0) is 104 Å². The van der Waals surface area contributed by atoms with Crippen LogP contribution in [0.4, 0.5) is 0 Å². The highest BCUT2D eigenvalue weighted by Crippen LogP contribution is 2.68. The minimum Gasteiger partial charge on any atom is -0.393 e. The van der Waals surface area contributed by atoms with Crippen molar-refractivity contribution in [2.45, 2.75) is 97.7 Å². The predicted molar refractivity (Wildman–Crippen MR) is 112 cm³/mol. The van der Waals surface area contributed by atoms with Gasteiger partial charge in [0, 0.05) is 5.92 Å². The number of aldehydes is 1. The molecular formula is C25H42O3. The van der Waals surface area contributed by atoms with Crippen LogP contribution in [-0.4, -0.2) is 28.7 Å². The summed E-state index contributed by atoms with van der Waals surface area (Å²) in [7, 11) is 0. The molecule has 0 bridgehead atoms. The summed E-state index contributed by atoms with van der Waals surface area (Å²) in [5.41, 5.74) is 0.627. The van der Waals surface area contributed by atoms with Crippen molar-refractivity contribution < 1.29 is 15.0 Å². The summed E-state index contributed by atoms with van der Waals surface area (Å²) in [6.45, 7) is 9.41. The number of hydrogen-bond acceptors (Lipinski definition) is 3. The molecule has 0 aliphatic heterocycles. The fourth-order valence-corrected chi connectivity index (χ4v) is 8.98. The number of rotatable bonds is 4. The average molecular weight is 391 g/mol. The van der Waals surface area contributed by atoms with Crippen LogP contribution in [0.15, 0.2) is 0 Å². The van der Waals surface area contributed by atoms with E-state index >= 15 is 0 Å². The number of aliphatic hydroxyl groups is 2. The molecule has 4 aliphatic carbocycles. The van der Waals surface area contributed by atoms with Crippen LogP contribution in [0.25, 0.3) is 0 Å². The first-order valence-corrected chi connectivity index (χ1v) is 12.0. The Bertz CT molecular complexity index is 590. The maximum absolute atomic E-state index is 11.3. The normalized spacial score (nSPS) is 52.9. The third-order valence-electron chi connectivity index (χ3n) is 10.4. The Morgan fingerprint density at radius 2 is 1.64 bits per heavy atom. The summed E-state index contributed by atoms with van der Waals surface area (Å²) in [4.78, 5) is 11.2. The zero-order valence-corrected chi connectivity index (χ0v) is 18.4. The number of aliphatic hydroxyl groups excluding tert-OH is 2. The molecule has 0 radical (unpaired) electrons. The number of hydrogen-bond donors (Lipinski definition) is 2. The molecule has 2 N–H and O–H groups in total. The summed E-state index contributed by atoms with van der Waals surface area (Å²) in [6, 6.07) is 0. The summed E-state index contributed by atoms with van der Waals surface area (Å²) >= 11 is 0. The minimum absolute atomic E-state index is 0.155. The van der Waals surface area contributed by atoms with Gasteiger partial charge in [-0.2, -0.15) is 0 Å². The van der Waals surface area contributed by atoms with Crippen LogP contribution in [0.5, 0.6) is 0 Å². The lowest BCUT2D eigenvalue weighted by atomic mass is 9.43. The van der Waals surface area contributed by atoms with E-state index < -0.39 is 0 Å². The fraction of sp³-hybridized carbons (Fsp3) is 0.960. The first kappa shape index (κ1) is 20.8. The molecule has 3 nitrogen and oxygen atoms in total. The van der Waals surface area contributed by atoms with Gasteiger partial charge in [0.15, 0.2) is 0 Å². The van der Waals surface area contributed by atoms with E-state index in [4.69, 9.17) is 0 Å². The molecule has 0 aromatic rings. The lowest BCUT2D eigenvalue weighted by Gasteiger charge is -2.62. The third-order valence-corrected chi connectivity index (χ3v) is 10.4. The van der Waals surface area contributed by atoms with Crippen molar-refractivity contribution in [2.75, 3.05) is 0 Å². The molecule has 3 heteroatoms. The van der Waals surface area contributed by atoms with Crippen molar-refractivity contribution in [3.8, 4) is 0 Å². The van der Waals surface area contributed by atoms with Crippen molar-refractivity contribution in [1.29, 1.82) is 0 Å². The smallest absolute Gasteiger partial charge is 0.122 e. The molecule has 28 heavy (non-hydrogen) atoms. The molecule has 0 heterocycles. The molecule has 4 fully saturated rings. The fourth-order valence-electron chi connectivity index (χ4n) is 8.98. The van der Waals surface area contributed by atoms with Gasteiger partial charge < -0.3 is 15.0 Å². The van der Waals surface area contributed by atoms with E-state index in [-0.39, 0.29) is 18.1 Å². The van der Waals surface area contributed by atoms with Gasteiger partial charge in [0.05, 0.1) is 12.2 Å². The molecule has 0 aromatic carbocycles. The van der Waals surface area contributed by atoms with Crippen molar-refractivity contribution >= 4 is 6.29 Å². The van der Waals surface area contributed by atoms with Crippen LogP contribution in [0.3, 0.4) is 0 Å². The first-order chi connectivity index (χ1) is 13.2. The monoisotopic (exact) mass is 390 g/mol. The summed E-state index contributed by atoms with van der Waals surface area (Å²) in [6.07, 6.45) is 10.7. The Hall–Kier alpha value is -0.410. The van der Waals surface area contributed by atoms with Gasteiger partial charge in [0.1, 0.15) is 6.29 Å². The van der Waals surface area contributed by atoms with Crippen LogP contribution in [0, 0.1) is 52.3 Å². The van der Waals surface area contributed by atoms with Crippen molar-refractivity contribution in [3.05, 3.63) is 0 Å². The van der Waals surface area contributed by atoms with Crippen LogP contribution in [0.2, 0.25) is 0 Å². The summed E-state index contributed by atoms with van der Waals surface area (Å²) in [5, 5.41) is 21.5. The quantitative estimate of drug-likeness (QED) is 0.676. The third kappa shape index (κ3) is 3.11. The highest BCUT2D eigenvalue weighted by molar-refractivity contribution is 5.52. The van der Waals surface area contributed by atoms with E-state index in [1.807, 2.05) is 0 Å². The molecule has 0 amide bonds. The second kappa shape index (κ2) is 7.38. The highest BCUT2D eigenvalue weighted by atomic mass is 16.3. The van der Waals surface area contributed by atoms with E-state index in [1.165, 1.54) is 25.7 Å². The molecular weight excluding hydrogens is 348 g/mol. The average Bonchev–Trinajstić information content (AvgIpc) is 3.00. The van der Waals surface area contributed by atoms with Gasteiger partial charge in [-0.3, -0.25) is 0 Å². The van der Waals surface area contributed by atoms with Crippen LogP contribution in [-0.2, 0) is 4.79 Å². The summed E-state index contributed by atoms with van der Waals surface area (Å²) in [5.74, 6) is 3.60. The van der Waals surface area contributed by atoms with Gasteiger partial charge in [-0.25, -0.2) is 0 Å². The predicted octanol–water partition coefficient (Wildman–Crippen LogP) is 4.84. The Labute approximate surface area is 171 Å². The SMILES string of the molecule is C[C@H](C[C@@H](C)C=O)[C@H]1CCC2C3C(CC[C@@]21C)[C@@]1(C)CC[C@@H](O)CC1C[C@H]3O. The second-order valence-corrected chi connectivity index (χ2v) is 11.8. The van der Waals surface area contributed by atoms with Gasteiger partial charge >= 0.3 is 0 Å². The van der Waals surface area contributed by atoms with Crippen LogP contribution >= 0.6 is 0 Å². The lowest BCUT2D eigenvalue weighted by Crippen LogP contribution is -2.58. The zero-order valence-electron chi connectivity index (χ0n) is 18.4. The largest absolute Gasteiger partial charge is 0.393 e. The molecule has 4 rings (SSSR count). The number of carbonyl (C=O) groups excluding carboxylic acids is 1. The van der Waals surface area contributed by atoms with E-state index in [0.29, 0.717) is 46.3 Å². The van der Waals surface area contributed by atoms with E-state index in [0.717, 1.165) is 38.4 Å². The highest BCUT2D eigenvalue weighted by Gasteiger charge is 2.62. The first-order valence-electron chi connectivity index (χ1n) is 12.0. The maximum Gasteiger partial charge on any atom is 0.122 e. The van der Waals surface area contributed by atoms with E-state index in [9.17, 15) is 15.0 Å². The zero-order chi connectivity index (χ0) is 20.3. The molecule has 160 valence electrons. The molecule has 11 atom stereocenters. The second-order valence-electron chi connectivity index (χ2n) is 11.8. The van der Waals surface area contributed by atoms with Crippen molar-refractivity contribution in [3.63, 3.8) is 0 Å². The Morgan fingerprint density at radius 1 is 0.964 bits per heavy atom. The standard InChI is InChI=1S/C25H42O3/c1-15(14-26)11-16(2)19-5-6-20-23-21(8-10-25(19,20)4)24(3)9-7-18(27)12-17(24)13-22(23)28/h14-23,27-28H,5-13H2,1-4H3/t15-,16-,17?,18-,19-,20?,21?,22-,23?,24+,25-/m1/s1. The van der Waals surface area contributed by atoms with Crippen LogP contribution in [0.1, 0.15) is 85.5 Å². The summed E-state index contributed by atoms with van der Waals surface area (Å²) < 4.78 is 0. The minimum atomic E-state index is -0.194. The van der Waals surface area contributed by atoms with Gasteiger partial charge in [0.2, 0.25) is 0 Å². The molecule has 0 spiro atoms. The van der Waals surface area contributed by atoms with Crippen molar-refractivity contribution in [2.24, 2.45) is 52.3 Å². The van der Waals surface area contributed by atoms with Gasteiger partial charge in [0.25, 0.3) is 0 Å². The lowest BCUT2D eigenvalue weighted by molar-refractivity contribution is -0.174. The number of fused-ring (bicyclic) bond motifs is 5. The van der Waals surface area contributed by atoms with Crippen LogP contribution < -0.4 is 0 Å². The Balaban J connectivity index is 1.57. The van der Waals surface area contributed by atoms with Gasteiger partial charge in [-0.1, -0.05) is 27.7 Å². The molecule has 4 aliphatic rings. The maximum atomic E-state index is 11.3. The Morgan fingerprint density at radius 3 is 2.36 bits per heavy atom. The number of carbonyl (C=O) groups is 1. The molecule has 4 unspecified atom stereocenters. The molecule has 4 saturated carbocycles. The Kier molecular flexibility index (Phi) is 5.49.